The Bertz CT molecular complexity index is 338. The second-order valence-corrected chi connectivity index (χ2v) is 3.96. The molecule has 1 unspecified atom stereocenters. The van der Waals surface area contributed by atoms with Crippen LogP contribution in [-0.4, -0.2) is 6.04 Å². The summed E-state index contributed by atoms with van der Waals surface area (Å²) in [4.78, 5) is 0. The van der Waals surface area contributed by atoms with Gasteiger partial charge in [0.05, 0.1) is 0 Å². The number of nitrogens with two attached hydrogens (primary N) is 1. The molecule has 0 spiro atoms. The average molecular weight is 200 g/mol. The summed E-state index contributed by atoms with van der Waals surface area (Å²) in [6.45, 7) is 0. The van der Waals surface area contributed by atoms with Gasteiger partial charge in [-0.15, -0.1) is 0 Å². The van der Waals surface area contributed by atoms with Crippen molar-refractivity contribution in [3.8, 4) is 0 Å². The zero-order chi connectivity index (χ0) is 9.42. The van der Waals surface area contributed by atoms with Crippen molar-refractivity contribution in [2.45, 2.75) is 25.3 Å². The molecule has 2 N–H and O–H groups in total. The third-order valence-corrected chi connectivity index (χ3v) is 2.72. The first-order valence-electron chi connectivity index (χ1n) is 4.39. The van der Waals surface area contributed by atoms with Gasteiger partial charge >= 0.3 is 0 Å². The molecule has 1 aromatic carbocycles. The van der Waals surface area contributed by atoms with Gasteiger partial charge in [0.25, 0.3) is 0 Å². The van der Waals surface area contributed by atoms with E-state index in [1.54, 1.807) is 0 Å². The molecule has 0 heterocycles. The molecule has 13 heavy (non-hydrogen) atoms. The molecule has 0 saturated carbocycles. The van der Waals surface area contributed by atoms with E-state index in [4.69, 9.17) is 17.3 Å². The maximum atomic E-state index is 13.3. The Kier molecular flexibility index (Phi) is 2.26. The molecule has 0 fully saturated rings. The maximum absolute atomic E-state index is 13.3. The molecule has 0 saturated heterocycles. The van der Waals surface area contributed by atoms with Crippen LogP contribution >= 0.6 is 11.6 Å². The Hall–Kier alpha value is -0.600. The van der Waals surface area contributed by atoms with Crippen molar-refractivity contribution in [3.05, 3.63) is 34.1 Å². The van der Waals surface area contributed by atoms with Gasteiger partial charge in [0.2, 0.25) is 0 Å². The maximum Gasteiger partial charge on any atom is 0.128 e. The van der Waals surface area contributed by atoms with E-state index in [0.29, 0.717) is 5.02 Å². The second-order valence-electron chi connectivity index (χ2n) is 3.53. The molecule has 1 aromatic rings. The summed E-state index contributed by atoms with van der Waals surface area (Å²) in [6.07, 6.45) is 2.35. The lowest BCUT2D eigenvalue weighted by Gasteiger charge is -2.21. The van der Waals surface area contributed by atoms with Gasteiger partial charge < -0.3 is 5.73 Å². The van der Waals surface area contributed by atoms with Crippen LogP contribution in [0, 0.1) is 5.82 Å². The highest BCUT2D eigenvalue weighted by Gasteiger charge is 2.18. The smallest absolute Gasteiger partial charge is 0.128 e. The molecule has 0 bridgehead atoms. The minimum Gasteiger partial charge on any atom is -0.327 e. The van der Waals surface area contributed by atoms with Crippen LogP contribution in [-0.2, 0) is 12.8 Å². The van der Waals surface area contributed by atoms with Gasteiger partial charge in [-0.05, 0) is 42.5 Å². The van der Waals surface area contributed by atoms with Crippen LogP contribution in [0.5, 0.6) is 0 Å². The van der Waals surface area contributed by atoms with Crippen LogP contribution in [0.25, 0.3) is 0 Å². The third-order valence-electron chi connectivity index (χ3n) is 2.50. The van der Waals surface area contributed by atoms with E-state index >= 15 is 0 Å². The number of hydrogen-bond acceptors (Lipinski definition) is 1. The fourth-order valence-corrected chi connectivity index (χ4v) is 2.06. The number of fused-ring (bicyclic) bond motifs is 1. The summed E-state index contributed by atoms with van der Waals surface area (Å²) in [5.41, 5.74) is 7.56. The minimum atomic E-state index is -0.186. The molecule has 1 aliphatic rings. The number of rotatable bonds is 0. The van der Waals surface area contributed by atoms with Gasteiger partial charge in [-0.2, -0.15) is 0 Å². The quantitative estimate of drug-likeness (QED) is 0.682. The Balaban J connectivity index is 2.47. The number of halogens is 2. The largest absolute Gasteiger partial charge is 0.327 e. The zero-order valence-electron chi connectivity index (χ0n) is 7.19. The first kappa shape index (κ1) is 8.97. The highest BCUT2D eigenvalue weighted by atomic mass is 35.5. The average Bonchev–Trinajstić information content (AvgIpc) is 2.02. The van der Waals surface area contributed by atoms with Crippen LogP contribution in [0.1, 0.15) is 17.5 Å². The summed E-state index contributed by atoms with van der Waals surface area (Å²) in [7, 11) is 0. The summed E-state index contributed by atoms with van der Waals surface area (Å²) >= 11 is 5.75. The van der Waals surface area contributed by atoms with Crippen molar-refractivity contribution in [1.29, 1.82) is 0 Å². The van der Waals surface area contributed by atoms with Gasteiger partial charge in [-0.25, -0.2) is 4.39 Å². The molecule has 1 nitrogen and oxygen atoms in total. The van der Waals surface area contributed by atoms with Crippen LogP contribution < -0.4 is 5.73 Å². The molecular weight excluding hydrogens is 189 g/mol. The first-order valence-corrected chi connectivity index (χ1v) is 4.77. The van der Waals surface area contributed by atoms with E-state index in [1.807, 2.05) is 6.07 Å². The van der Waals surface area contributed by atoms with E-state index in [9.17, 15) is 4.39 Å². The summed E-state index contributed by atoms with van der Waals surface area (Å²) in [5, 5.41) is 0.463. The highest BCUT2D eigenvalue weighted by molar-refractivity contribution is 6.30. The van der Waals surface area contributed by atoms with Gasteiger partial charge in [0.1, 0.15) is 5.82 Å². The number of hydrogen-bond donors (Lipinski definition) is 1. The van der Waals surface area contributed by atoms with Crippen molar-refractivity contribution in [2.24, 2.45) is 5.73 Å². The predicted octanol–water partition coefficient (Wildman–Crippen LogP) is 2.30. The summed E-state index contributed by atoms with van der Waals surface area (Å²) in [6, 6.07) is 3.35. The fourth-order valence-electron chi connectivity index (χ4n) is 1.83. The Labute approximate surface area is 81.7 Å². The van der Waals surface area contributed by atoms with Crippen molar-refractivity contribution in [3.63, 3.8) is 0 Å². The molecule has 70 valence electrons. The SMILES string of the molecule is NC1CCc2c(F)cc(Cl)cc2C1. The highest BCUT2D eigenvalue weighted by Crippen LogP contribution is 2.26. The molecule has 0 radical (unpaired) electrons. The second kappa shape index (κ2) is 3.28. The molecule has 1 aliphatic carbocycles. The molecule has 0 aromatic heterocycles. The predicted molar refractivity (Wildman–Crippen MR) is 51.4 cm³/mol. The normalized spacial score (nSPS) is 21.3. The van der Waals surface area contributed by atoms with Gasteiger partial charge in [0.15, 0.2) is 0 Å². The molecular formula is C10H11ClFN. The van der Waals surface area contributed by atoms with E-state index in [0.717, 1.165) is 30.4 Å². The monoisotopic (exact) mass is 199 g/mol. The van der Waals surface area contributed by atoms with Crippen molar-refractivity contribution in [2.75, 3.05) is 0 Å². The van der Waals surface area contributed by atoms with E-state index in [-0.39, 0.29) is 11.9 Å². The van der Waals surface area contributed by atoms with Gasteiger partial charge in [-0.3, -0.25) is 0 Å². The fraction of sp³-hybridized carbons (Fsp3) is 0.400. The van der Waals surface area contributed by atoms with Gasteiger partial charge in [0, 0.05) is 11.1 Å². The minimum absolute atomic E-state index is 0.158. The van der Waals surface area contributed by atoms with Crippen LogP contribution in [0.15, 0.2) is 12.1 Å². The lowest BCUT2D eigenvalue weighted by Crippen LogP contribution is -2.28. The van der Waals surface area contributed by atoms with Crippen molar-refractivity contribution >= 4 is 11.6 Å². The molecule has 2 rings (SSSR count). The molecule has 0 aliphatic heterocycles. The van der Waals surface area contributed by atoms with Crippen LogP contribution in [0.3, 0.4) is 0 Å². The van der Waals surface area contributed by atoms with E-state index in [1.165, 1.54) is 6.07 Å². The molecule has 0 amide bonds. The Morgan fingerprint density at radius 2 is 2.23 bits per heavy atom. The topological polar surface area (TPSA) is 26.0 Å². The Morgan fingerprint density at radius 3 is 3.00 bits per heavy atom. The van der Waals surface area contributed by atoms with Crippen molar-refractivity contribution in [1.82, 2.24) is 0 Å². The van der Waals surface area contributed by atoms with Crippen LogP contribution in [0.2, 0.25) is 5.02 Å². The lowest BCUT2D eigenvalue weighted by molar-refractivity contribution is 0.538. The molecule has 3 heteroatoms. The molecule has 1 atom stereocenters. The van der Waals surface area contributed by atoms with Crippen molar-refractivity contribution < 1.29 is 4.39 Å². The number of benzene rings is 1. The lowest BCUT2D eigenvalue weighted by atomic mass is 9.88. The standard InChI is InChI=1S/C10H11ClFN/c11-7-3-6-4-8(13)1-2-9(6)10(12)5-7/h3,5,8H,1-2,4,13H2. The summed E-state index contributed by atoms with van der Waals surface area (Å²) in [5.74, 6) is -0.186. The Morgan fingerprint density at radius 1 is 1.46 bits per heavy atom. The van der Waals surface area contributed by atoms with E-state index in [2.05, 4.69) is 0 Å². The first-order chi connectivity index (χ1) is 6.16. The van der Waals surface area contributed by atoms with E-state index < -0.39 is 0 Å². The van der Waals surface area contributed by atoms with Gasteiger partial charge in [-0.1, -0.05) is 11.6 Å². The summed E-state index contributed by atoms with van der Waals surface area (Å²) < 4.78 is 13.3. The third kappa shape index (κ3) is 1.69. The van der Waals surface area contributed by atoms with Crippen LogP contribution in [0.4, 0.5) is 4.39 Å². The zero-order valence-corrected chi connectivity index (χ0v) is 7.94.